The number of pyridine rings is 2. The largest absolute Gasteiger partial charge is 0.461 e. The number of fused-ring (bicyclic) bond motifs is 3. The van der Waals surface area contributed by atoms with Crippen LogP contribution in [0.1, 0.15) is 17.4 Å². The number of H-pyrrole nitrogens is 1. The number of hydrogen-bond donors (Lipinski definition) is 1. The number of hydrogen-bond acceptors (Lipinski definition) is 4. The van der Waals surface area contributed by atoms with Gasteiger partial charge in [0.2, 0.25) is 0 Å². The van der Waals surface area contributed by atoms with E-state index in [1.54, 1.807) is 25.4 Å². The molecule has 0 fully saturated rings. The topological polar surface area (TPSA) is 67.9 Å². The quantitative estimate of drug-likeness (QED) is 0.577. The number of esters is 1. The van der Waals surface area contributed by atoms with Crippen LogP contribution in [0.3, 0.4) is 0 Å². The number of nitrogens with one attached hydrogen (secondary N) is 1. The number of aromatic amines is 1. The first-order valence-corrected chi connectivity index (χ1v) is 6.17. The van der Waals surface area contributed by atoms with Crippen molar-refractivity contribution < 1.29 is 9.53 Å². The number of carbonyl (C=O) groups excluding carboxylic acids is 1. The Labute approximate surface area is 113 Å². The summed E-state index contributed by atoms with van der Waals surface area (Å²) >= 11 is 6.10. The second-order valence-electron chi connectivity index (χ2n) is 3.99. The molecule has 0 aliphatic heterocycles. The van der Waals surface area contributed by atoms with Crippen molar-refractivity contribution in [2.24, 2.45) is 0 Å². The van der Waals surface area contributed by atoms with Gasteiger partial charge >= 0.3 is 5.97 Å². The highest BCUT2D eigenvalue weighted by Crippen LogP contribution is 2.28. The molecule has 0 aliphatic rings. The zero-order valence-electron chi connectivity index (χ0n) is 10.1. The Morgan fingerprint density at radius 2 is 2.32 bits per heavy atom. The predicted molar refractivity (Wildman–Crippen MR) is 72.4 cm³/mol. The fraction of sp³-hybridized carbons (Fsp3) is 0.154. The van der Waals surface area contributed by atoms with Gasteiger partial charge in [-0.1, -0.05) is 11.6 Å². The van der Waals surface area contributed by atoms with E-state index < -0.39 is 5.97 Å². The number of carbonyl (C=O) groups is 1. The van der Waals surface area contributed by atoms with Gasteiger partial charge in [-0.05, 0) is 19.1 Å². The summed E-state index contributed by atoms with van der Waals surface area (Å²) in [5.41, 5.74) is 1.75. The Balaban J connectivity index is 2.28. The van der Waals surface area contributed by atoms with Gasteiger partial charge in [0.15, 0.2) is 0 Å². The lowest BCUT2D eigenvalue weighted by molar-refractivity contribution is 0.0520. The zero-order valence-corrected chi connectivity index (χ0v) is 10.9. The molecule has 5 nitrogen and oxygen atoms in total. The van der Waals surface area contributed by atoms with E-state index in [1.165, 1.54) is 0 Å². The second-order valence-corrected chi connectivity index (χ2v) is 4.35. The zero-order chi connectivity index (χ0) is 13.4. The first-order valence-electron chi connectivity index (χ1n) is 5.79. The van der Waals surface area contributed by atoms with E-state index in [1.807, 2.05) is 6.07 Å². The van der Waals surface area contributed by atoms with Crippen LogP contribution >= 0.6 is 11.6 Å². The average molecular weight is 276 g/mol. The fourth-order valence-electron chi connectivity index (χ4n) is 2.00. The summed E-state index contributed by atoms with van der Waals surface area (Å²) in [5.74, 6) is -0.404. The van der Waals surface area contributed by atoms with Gasteiger partial charge in [0, 0.05) is 23.2 Å². The van der Waals surface area contributed by atoms with Crippen LogP contribution in [0.15, 0.2) is 24.5 Å². The maximum Gasteiger partial charge on any atom is 0.354 e. The molecule has 3 rings (SSSR count). The van der Waals surface area contributed by atoms with Crippen molar-refractivity contribution in [1.82, 2.24) is 15.0 Å². The maximum atomic E-state index is 11.7. The van der Waals surface area contributed by atoms with E-state index in [-0.39, 0.29) is 0 Å². The maximum absolute atomic E-state index is 11.7. The monoisotopic (exact) mass is 275 g/mol. The highest BCUT2D eigenvalue weighted by atomic mass is 35.5. The number of nitrogens with zero attached hydrogens (tertiary/aromatic N) is 2. The van der Waals surface area contributed by atoms with Gasteiger partial charge < -0.3 is 9.72 Å². The lowest BCUT2D eigenvalue weighted by Crippen LogP contribution is -2.04. The highest BCUT2D eigenvalue weighted by Gasteiger charge is 2.14. The van der Waals surface area contributed by atoms with Crippen LogP contribution in [0.4, 0.5) is 0 Å². The third kappa shape index (κ3) is 1.92. The molecule has 19 heavy (non-hydrogen) atoms. The van der Waals surface area contributed by atoms with Gasteiger partial charge in [-0.15, -0.1) is 0 Å². The molecule has 0 bridgehead atoms. The Bertz CT molecular complexity index is 782. The number of aromatic nitrogens is 3. The minimum absolute atomic E-state index is 0.326. The molecule has 0 radical (unpaired) electrons. The standard InChI is InChI=1S/C13H10ClN3O2/c1-2-19-13(18)10-5-9-11(16-10)7-3-4-15-6-8(7)12(14)17-9/h3-6,16H,2H2,1H3. The van der Waals surface area contributed by atoms with E-state index in [2.05, 4.69) is 15.0 Å². The van der Waals surface area contributed by atoms with Gasteiger partial charge in [0.05, 0.1) is 17.6 Å². The van der Waals surface area contributed by atoms with Crippen molar-refractivity contribution in [3.05, 3.63) is 35.4 Å². The third-order valence-corrected chi connectivity index (χ3v) is 3.11. The number of ether oxygens (including phenoxy) is 1. The van der Waals surface area contributed by atoms with Gasteiger partial charge in [-0.3, -0.25) is 4.98 Å². The molecule has 0 aliphatic carbocycles. The molecule has 3 heterocycles. The molecule has 0 aromatic carbocycles. The van der Waals surface area contributed by atoms with E-state index in [0.29, 0.717) is 23.0 Å². The summed E-state index contributed by atoms with van der Waals surface area (Å²) in [7, 11) is 0. The molecule has 0 amide bonds. The van der Waals surface area contributed by atoms with Crippen LogP contribution in [0, 0.1) is 0 Å². The summed E-state index contributed by atoms with van der Waals surface area (Å²) in [6, 6.07) is 3.47. The Morgan fingerprint density at radius 1 is 1.47 bits per heavy atom. The Kier molecular flexibility index (Phi) is 2.83. The summed E-state index contributed by atoms with van der Waals surface area (Å²) in [6.07, 6.45) is 3.32. The van der Waals surface area contributed by atoms with E-state index in [9.17, 15) is 4.79 Å². The molecular formula is C13H10ClN3O2. The molecular weight excluding hydrogens is 266 g/mol. The minimum Gasteiger partial charge on any atom is -0.461 e. The lowest BCUT2D eigenvalue weighted by Gasteiger charge is -2.00. The van der Waals surface area contributed by atoms with Gasteiger partial charge in [0.25, 0.3) is 0 Å². The van der Waals surface area contributed by atoms with Crippen molar-refractivity contribution in [2.45, 2.75) is 6.92 Å². The summed E-state index contributed by atoms with van der Waals surface area (Å²) in [6.45, 7) is 2.09. The van der Waals surface area contributed by atoms with Crippen LogP contribution in [-0.4, -0.2) is 27.5 Å². The van der Waals surface area contributed by atoms with Gasteiger partial charge in [-0.2, -0.15) is 0 Å². The highest BCUT2D eigenvalue weighted by molar-refractivity contribution is 6.35. The molecule has 0 saturated heterocycles. The van der Waals surface area contributed by atoms with Gasteiger partial charge in [0.1, 0.15) is 10.8 Å². The molecule has 0 atom stereocenters. The fourth-order valence-corrected chi connectivity index (χ4v) is 2.24. The minimum atomic E-state index is -0.404. The third-order valence-electron chi connectivity index (χ3n) is 2.82. The molecule has 96 valence electrons. The molecule has 0 spiro atoms. The average Bonchev–Trinajstić information content (AvgIpc) is 2.83. The normalized spacial score (nSPS) is 11.1. The van der Waals surface area contributed by atoms with Crippen LogP contribution in [-0.2, 0) is 4.74 Å². The van der Waals surface area contributed by atoms with Crippen LogP contribution in [0.2, 0.25) is 5.15 Å². The summed E-state index contributed by atoms with van der Waals surface area (Å²) < 4.78 is 4.96. The van der Waals surface area contributed by atoms with Crippen molar-refractivity contribution in [3.8, 4) is 0 Å². The van der Waals surface area contributed by atoms with Crippen LogP contribution in [0.25, 0.3) is 21.8 Å². The van der Waals surface area contributed by atoms with Crippen molar-refractivity contribution in [2.75, 3.05) is 6.61 Å². The molecule has 6 heteroatoms. The summed E-state index contributed by atoms with van der Waals surface area (Å²) in [4.78, 5) is 23.0. The number of rotatable bonds is 2. The van der Waals surface area contributed by atoms with Crippen molar-refractivity contribution >= 4 is 39.4 Å². The molecule has 3 aromatic rings. The van der Waals surface area contributed by atoms with Crippen LogP contribution < -0.4 is 0 Å². The first-order chi connectivity index (χ1) is 9.20. The van der Waals surface area contributed by atoms with Crippen molar-refractivity contribution in [3.63, 3.8) is 0 Å². The van der Waals surface area contributed by atoms with E-state index >= 15 is 0 Å². The summed E-state index contributed by atoms with van der Waals surface area (Å²) in [5, 5.41) is 1.99. The Hall–Kier alpha value is -2.14. The number of halogens is 1. The molecule has 1 N–H and O–H groups in total. The van der Waals surface area contributed by atoms with E-state index in [0.717, 1.165) is 16.3 Å². The van der Waals surface area contributed by atoms with E-state index in [4.69, 9.17) is 16.3 Å². The molecule has 0 saturated carbocycles. The second kappa shape index (κ2) is 4.51. The SMILES string of the molecule is CCOC(=O)c1cc2nc(Cl)c3cnccc3c2[nH]1. The molecule has 0 unspecified atom stereocenters. The van der Waals surface area contributed by atoms with Gasteiger partial charge in [-0.25, -0.2) is 9.78 Å². The first kappa shape index (κ1) is 11.9. The van der Waals surface area contributed by atoms with Crippen molar-refractivity contribution in [1.29, 1.82) is 0 Å². The predicted octanol–water partition coefficient (Wildman–Crippen LogP) is 2.94. The molecule has 3 aromatic heterocycles. The Morgan fingerprint density at radius 3 is 3.11 bits per heavy atom. The lowest BCUT2D eigenvalue weighted by atomic mass is 10.2. The smallest absolute Gasteiger partial charge is 0.354 e. The van der Waals surface area contributed by atoms with Crippen LogP contribution in [0.5, 0.6) is 0 Å².